The maximum Gasteiger partial charge on any atom is 0.256 e. The molecule has 0 fully saturated rings. The van der Waals surface area contributed by atoms with Gasteiger partial charge in [0.1, 0.15) is 0 Å². The summed E-state index contributed by atoms with van der Waals surface area (Å²) in [5.41, 5.74) is 7.41. The zero-order valence-corrected chi connectivity index (χ0v) is 19.6. The van der Waals surface area contributed by atoms with Gasteiger partial charge < -0.3 is 5.32 Å². The number of aromatic nitrogens is 1. The van der Waals surface area contributed by atoms with Crippen LogP contribution in [0.3, 0.4) is 0 Å². The second kappa shape index (κ2) is 9.69. The van der Waals surface area contributed by atoms with E-state index in [0.717, 1.165) is 33.4 Å². The maximum absolute atomic E-state index is 13.5. The van der Waals surface area contributed by atoms with Gasteiger partial charge in [-0.05, 0) is 61.9 Å². The minimum absolute atomic E-state index is 0.173. The molecule has 1 aromatic heterocycles. The largest absolute Gasteiger partial charge is 0.322 e. The monoisotopic (exact) mass is 456 g/mol. The standard InChI is InChI=1S/C30H24N4O/c1-20-12-14-22(15-13-20)29-21(2)28(26-10-6-7-11-27(26)32-29)30(35)31-23-16-18-25(19-17-23)34-33-24-8-4-3-5-9-24/h3-19H,1-2H3,(H,31,35). The number of nitrogens with zero attached hydrogens (tertiary/aromatic N) is 3. The number of rotatable bonds is 5. The maximum atomic E-state index is 13.5. The molecule has 5 aromatic rings. The summed E-state index contributed by atoms with van der Waals surface area (Å²) >= 11 is 0. The minimum atomic E-state index is -0.173. The van der Waals surface area contributed by atoms with E-state index in [-0.39, 0.29) is 5.91 Å². The molecular weight excluding hydrogens is 432 g/mol. The number of anilines is 1. The molecule has 1 amide bonds. The van der Waals surface area contributed by atoms with E-state index in [1.54, 1.807) is 0 Å². The Hall–Kier alpha value is -4.64. The summed E-state index contributed by atoms with van der Waals surface area (Å²) in [4.78, 5) is 18.4. The van der Waals surface area contributed by atoms with Crippen LogP contribution in [0.15, 0.2) is 113 Å². The van der Waals surface area contributed by atoms with Crippen LogP contribution in [0, 0.1) is 13.8 Å². The van der Waals surface area contributed by atoms with Gasteiger partial charge >= 0.3 is 0 Å². The average molecular weight is 457 g/mol. The summed E-state index contributed by atoms with van der Waals surface area (Å²) in [5.74, 6) is -0.173. The Bertz CT molecular complexity index is 1520. The number of hydrogen-bond donors (Lipinski definition) is 1. The van der Waals surface area contributed by atoms with E-state index in [4.69, 9.17) is 4.98 Å². The van der Waals surface area contributed by atoms with Crippen LogP contribution >= 0.6 is 0 Å². The third-order valence-corrected chi connectivity index (χ3v) is 5.85. The number of azo groups is 1. The van der Waals surface area contributed by atoms with Gasteiger partial charge in [-0.2, -0.15) is 10.2 Å². The Labute approximate surface area is 204 Å². The van der Waals surface area contributed by atoms with Crippen molar-refractivity contribution in [3.8, 4) is 11.3 Å². The first-order valence-corrected chi connectivity index (χ1v) is 11.4. The molecule has 1 heterocycles. The number of para-hydroxylation sites is 1. The number of carbonyl (C=O) groups is 1. The molecule has 35 heavy (non-hydrogen) atoms. The Morgan fingerprint density at radius 1 is 0.714 bits per heavy atom. The van der Waals surface area contributed by atoms with Gasteiger partial charge in [0.15, 0.2) is 0 Å². The summed E-state index contributed by atoms with van der Waals surface area (Å²) in [6, 6.07) is 32.8. The van der Waals surface area contributed by atoms with Gasteiger partial charge in [-0.3, -0.25) is 4.79 Å². The highest BCUT2D eigenvalue weighted by atomic mass is 16.1. The van der Waals surface area contributed by atoms with Crippen LogP contribution in [0.1, 0.15) is 21.5 Å². The summed E-state index contributed by atoms with van der Waals surface area (Å²) in [6.45, 7) is 4.01. The SMILES string of the molecule is Cc1ccc(-c2nc3ccccc3c(C(=O)Nc3ccc(N=Nc4ccccc4)cc3)c2C)cc1. The Morgan fingerprint density at radius 2 is 1.34 bits per heavy atom. The normalized spacial score (nSPS) is 11.1. The minimum Gasteiger partial charge on any atom is -0.322 e. The van der Waals surface area contributed by atoms with Crippen molar-refractivity contribution in [2.24, 2.45) is 10.2 Å². The van der Waals surface area contributed by atoms with Gasteiger partial charge in [0.2, 0.25) is 0 Å². The summed E-state index contributed by atoms with van der Waals surface area (Å²) in [5, 5.41) is 12.4. The van der Waals surface area contributed by atoms with Crippen LogP contribution in [-0.4, -0.2) is 10.9 Å². The van der Waals surface area contributed by atoms with E-state index < -0.39 is 0 Å². The van der Waals surface area contributed by atoms with Crippen LogP contribution in [0.5, 0.6) is 0 Å². The summed E-state index contributed by atoms with van der Waals surface area (Å²) in [6.07, 6.45) is 0. The van der Waals surface area contributed by atoms with E-state index in [1.807, 2.05) is 97.9 Å². The van der Waals surface area contributed by atoms with Gasteiger partial charge in [0, 0.05) is 16.6 Å². The average Bonchev–Trinajstić information content (AvgIpc) is 2.89. The van der Waals surface area contributed by atoms with Crippen molar-refractivity contribution < 1.29 is 4.79 Å². The van der Waals surface area contributed by atoms with Crippen molar-refractivity contribution in [3.05, 3.63) is 120 Å². The van der Waals surface area contributed by atoms with Crippen molar-refractivity contribution in [3.63, 3.8) is 0 Å². The molecule has 5 heteroatoms. The van der Waals surface area contributed by atoms with Gasteiger partial charge in [-0.25, -0.2) is 4.98 Å². The molecule has 0 aliphatic heterocycles. The summed E-state index contributed by atoms with van der Waals surface area (Å²) in [7, 11) is 0. The van der Waals surface area contributed by atoms with Crippen LogP contribution < -0.4 is 5.32 Å². The van der Waals surface area contributed by atoms with Crippen molar-refractivity contribution >= 4 is 33.9 Å². The Morgan fingerprint density at radius 3 is 2.06 bits per heavy atom. The number of carbonyl (C=O) groups excluding carboxylic acids is 1. The highest BCUT2D eigenvalue weighted by Crippen LogP contribution is 2.31. The van der Waals surface area contributed by atoms with Crippen LogP contribution in [-0.2, 0) is 0 Å². The predicted octanol–water partition coefficient (Wildman–Crippen LogP) is 8.19. The molecule has 5 nitrogen and oxygen atoms in total. The first-order valence-electron chi connectivity index (χ1n) is 11.4. The Kier molecular flexibility index (Phi) is 6.14. The van der Waals surface area contributed by atoms with E-state index in [2.05, 4.69) is 34.6 Å². The molecule has 0 saturated carbocycles. The molecule has 0 saturated heterocycles. The molecule has 0 bridgehead atoms. The van der Waals surface area contributed by atoms with E-state index in [1.165, 1.54) is 5.56 Å². The first-order chi connectivity index (χ1) is 17.1. The molecule has 0 aliphatic rings. The molecule has 0 aliphatic carbocycles. The van der Waals surface area contributed by atoms with Crippen LogP contribution in [0.4, 0.5) is 17.1 Å². The highest BCUT2D eigenvalue weighted by molar-refractivity contribution is 6.14. The van der Waals surface area contributed by atoms with E-state index >= 15 is 0 Å². The smallest absolute Gasteiger partial charge is 0.256 e. The third kappa shape index (κ3) is 4.84. The molecule has 5 rings (SSSR count). The fourth-order valence-electron chi connectivity index (χ4n) is 4.01. The number of benzene rings is 4. The fraction of sp³-hybridized carbons (Fsp3) is 0.0667. The van der Waals surface area contributed by atoms with Crippen molar-refractivity contribution in [2.45, 2.75) is 13.8 Å². The molecule has 0 spiro atoms. The molecule has 4 aromatic carbocycles. The van der Waals surface area contributed by atoms with Crippen LogP contribution in [0.2, 0.25) is 0 Å². The van der Waals surface area contributed by atoms with Gasteiger partial charge in [-0.15, -0.1) is 0 Å². The predicted molar refractivity (Wildman–Crippen MR) is 142 cm³/mol. The van der Waals surface area contributed by atoms with Gasteiger partial charge in [0.25, 0.3) is 5.91 Å². The van der Waals surface area contributed by atoms with Crippen molar-refractivity contribution in [1.29, 1.82) is 0 Å². The topological polar surface area (TPSA) is 66.7 Å². The molecule has 0 radical (unpaired) electrons. The lowest BCUT2D eigenvalue weighted by molar-refractivity contribution is 0.102. The zero-order chi connectivity index (χ0) is 24.2. The number of pyridine rings is 1. The third-order valence-electron chi connectivity index (χ3n) is 5.85. The van der Waals surface area contributed by atoms with E-state index in [9.17, 15) is 4.79 Å². The number of nitrogens with one attached hydrogen (secondary N) is 1. The summed E-state index contributed by atoms with van der Waals surface area (Å²) < 4.78 is 0. The quantitative estimate of drug-likeness (QED) is 0.271. The first kappa shape index (κ1) is 22.2. The molecule has 1 N–H and O–H groups in total. The van der Waals surface area contributed by atoms with Crippen LogP contribution in [0.25, 0.3) is 22.2 Å². The van der Waals surface area contributed by atoms with Crippen molar-refractivity contribution in [2.75, 3.05) is 5.32 Å². The highest BCUT2D eigenvalue weighted by Gasteiger charge is 2.19. The van der Waals surface area contributed by atoms with Gasteiger partial charge in [-0.1, -0.05) is 66.2 Å². The lowest BCUT2D eigenvalue weighted by Gasteiger charge is -2.15. The zero-order valence-electron chi connectivity index (χ0n) is 19.6. The number of amides is 1. The van der Waals surface area contributed by atoms with Crippen molar-refractivity contribution in [1.82, 2.24) is 4.98 Å². The number of fused-ring (bicyclic) bond motifs is 1. The second-order valence-corrected chi connectivity index (χ2v) is 8.38. The molecule has 170 valence electrons. The second-order valence-electron chi connectivity index (χ2n) is 8.38. The fourth-order valence-corrected chi connectivity index (χ4v) is 4.01. The lowest BCUT2D eigenvalue weighted by atomic mass is 9.96. The number of hydrogen-bond acceptors (Lipinski definition) is 4. The Balaban J connectivity index is 1.45. The molecule has 0 atom stereocenters. The molecule has 0 unspecified atom stereocenters. The lowest BCUT2D eigenvalue weighted by Crippen LogP contribution is -2.15. The van der Waals surface area contributed by atoms with E-state index in [0.29, 0.717) is 16.9 Å². The van der Waals surface area contributed by atoms with Gasteiger partial charge in [0.05, 0.1) is 28.1 Å². The number of aryl methyl sites for hydroxylation is 1. The molecular formula is C30H24N4O.